The van der Waals surface area contributed by atoms with Crippen molar-refractivity contribution in [1.82, 2.24) is 9.97 Å². The van der Waals surface area contributed by atoms with E-state index in [0.29, 0.717) is 18.5 Å². The van der Waals surface area contributed by atoms with E-state index in [-0.39, 0.29) is 0 Å². The number of rotatable bonds is 7. The van der Waals surface area contributed by atoms with E-state index in [2.05, 4.69) is 20.6 Å². The van der Waals surface area contributed by atoms with Crippen LogP contribution in [0.1, 0.15) is 43.4 Å². The number of nitrogens with one attached hydrogen (secondary N) is 2. The first kappa shape index (κ1) is 18.3. The zero-order valence-electron chi connectivity index (χ0n) is 15.8. The fourth-order valence-electron chi connectivity index (χ4n) is 3.34. The molecule has 0 spiro atoms. The first-order valence-corrected chi connectivity index (χ1v) is 9.25. The number of hydrogen-bond acceptors (Lipinski definition) is 6. The van der Waals surface area contributed by atoms with E-state index in [1.807, 2.05) is 31.2 Å². The maximum atomic E-state index is 5.36. The third kappa shape index (κ3) is 4.77. The molecule has 0 amide bonds. The summed E-state index contributed by atoms with van der Waals surface area (Å²) in [5, 5.41) is 6.88. The van der Waals surface area contributed by atoms with Gasteiger partial charge in [0.15, 0.2) is 11.5 Å². The van der Waals surface area contributed by atoms with Crippen molar-refractivity contribution in [3.63, 3.8) is 0 Å². The average Bonchev–Trinajstić information content (AvgIpc) is 2.66. The Bertz CT molecular complexity index is 730. The minimum Gasteiger partial charge on any atom is -0.493 e. The molecule has 1 aromatic carbocycles. The highest BCUT2D eigenvalue weighted by molar-refractivity contribution is 5.46. The van der Waals surface area contributed by atoms with Crippen molar-refractivity contribution in [1.29, 1.82) is 0 Å². The highest BCUT2D eigenvalue weighted by Crippen LogP contribution is 2.28. The first-order valence-electron chi connectivity index (χ1n) is 9.25. The van der Waals surface area contributed by atoms with Crippen LogP contribution < -0.4 is 20.1 Å². The van der Waals surface area contributed by atoms with E-state index >= 15 is 0 Å². The van der Waals surface area contributed by atoms with Gasteiger partial charge in [0.05, 0.1) is 14.2 Å². The number of ether oxygens (including phenoxy) is 2. The summed E-state index contributed by atoms with van der Waals surface area (Å²) in [7, 11) is 3.28. The van der Waals surface area contributed by atoms with Gasteiger partial charge in [-0.2, -0.15) is 4.98 Å². The smallest absolute Gasteiger partial charge is 0.225 e. The highest BCUT2D eigenvalue weighted by Gasteiger charge is 2.14. The molecule has 3 rings (SSSR count). The molecule has 2 N–H and O–H groups in total. The molecule has 0 radical (unpaired) electrons. The monoisotopic (exact) mass is 356 g/mol. The molecule has 1 aliphatic carbocycles. The lowest BCUT2D eigenvalue weighted by Gasteiger charge is -2.23. The fourth-order valence-corrected chi connectivity index (χ4v) is 3.34. The highest BCUT2D eigenvalue weighted by atomic mass is 16.5. The minimum absolute atomic E-state index is 0.490. The van der Waals surface area contributed by atoms with Gasteiger partial charge in [-0.15, -0.1) is 0 Å². The third-order valence-electron chi connectivity index (χ3n) is 4.71. The van der Waals surface area contributed by atoms with E-state index in [4.69, 9.17) is 9.47 Å². The summed E-state index contributed by atoms with van der Waals surface area (Å²) in [6, 6.07) is 8.36. The van der Waals surface area contributed by atoms with Crippen LogP contribution in [0.3, 0.4) is 0 Å². The van der Waals surface area contributed by atoms with Gasteiger partial charge >= 0.3 is 0 Å². The number of aromatic nitrogens is 2. The Balaban J connectivity index is 1.66. The molecular formula is C20H28N4O2. The molecule has 0 aliphatic heterocycles. The van der Waals surface area contributed by atoms with Crippen LogP contribution in [-0.2, 0) is 6.54 Å². The van der Waals surface area contributed by atoms with Gasteiger partial charge in [-0.1, -0.05) is 25.3 Å². The lowest BCUT2D eigenvalue weighted by molar-refractivity contribution is 0.354. The number of benzene rings is 1. The Kier molecular flexibility index (Phi) is 6.15. The molecule has 6 heteroatoms. The molecular weight excluding hydrogens is 328 g/mol. The quantitative estimate of drug-likeness (QED) is 0.776. The first-order chi connectivity index (χ1) is 12.7. The predicted molar refractivity (Wildman–Crippen MR) is 104 cm³/mol. The zero-order valence-corrected chi connectivity index (χ0v) is 15.8. The van der Waals surface area contributed by atoms with E-state index in [0.717, 1.165) is 28.6 Å². The molecule has 1 heterocycles. The van der Waals surface area contributed by atoms with Gasteiger partial charge < -0.3 is 20.1 Å². The van der Waals surface area contributed by atoms with Crippen LogP contribution in [0.15, 0.2) is 24.3 Å². The van der Waals surface area contributed by atoms with Crippen LogP contribution in [-0.4, -0.2) is 30.2 Å². The predicted octanol–water partition coefficient (Wildman–Crippen LogP) is 4.16. The summed E-state index contributed by atoms with van der Waals surface area (Å²) < 4.78 is 10.6. The maximum Gasteiger partial charge on any atom is 0.225 e. The van der Waals surface area contributed by atoms with Gasteiger partial charge in [0.25, 0.3) is 0 Å². The van der Waals surface area contributed by atoms with E-state index < -0.39 is 0 Å². The zero-order chi connectivity index (χ0) is 18.4. The van der Waals surface area contributed by atoms with E-state index in [9.17, 15) is 0 Å². The molecule has 0 atom stereocenters. The Morgan fingerprint density at radius 1 is 1.00 bits per heavy atom. The van der Waals surface area contributed by atoms with Crippen molar-refractivity contribution < 1.29 is 9.47 Å². The lowest BCUT2D eigenvalue weighted by atomic mass is 9.96. The van der Waals surface area contributed by atoms with Crippen molar-refractivity contribution in [3.05, 3.63) is 35.5 Å². The van der Waals surface area contributed by atoms with Crippen LogP contribution in [0.5, 0.6) is 11.5 Å². The maximum absolute atomic E-state index is 5.36. The second kappa shape index (κ2) is 8.74. The molecule has 0 saturated heterocycles. The largest absolute Gasteiger partial charge is 0.493 e. The molecule has 26 heavy (non-hydrogen) atoms. The molecule has 1 saturated carbocycles. The fraction of sp³-hybridized carbons (Fsp3) is 0.500. The Labute approximate surface area is 155 Å². The van der Waals surface area contributed by atoms with Crippen molar-refractivity contribution in [2.75, 3.05) is 24.9 Å². The average molecular weight is 356 g/mol. The summed E-state index contributed by atoms with van der Waals surface area (Å²) in [6.45, 7) is 2.65. The number of aryl methyl sites for hydroxylation is 1. The Hall–Kier alpha value is -2.50. The summed E-state index contributed by atoms with van der Waals surface area (Å²) in [5.41, 5.74) is 2.05. The second-order valence-electron chi connectivity index (χ2n) is 6.74. The molecule has 1 aromatic heterocycles. The molecule has 2 aromatic rings. The van der Waals surface area contributed by atoms with Crippen LogP contribution in [0, 0.1) is 6.92 Å². The number of methoxy groups -OCH3 is 2. The Morgan fingerprint density at radius 3 is 2.50 bits per heavy atom. The van der Waals surface area contributed by atoms with Crippen molar-refractivity contribution in [2.24, 2.45) is 0 Å². The number of hydrogen-bond donors (Lipinski definition) is 2. The molecule has 0 unspecified atom stereocenters. The summed E-state index contributed by atoms with van der Waals surface area (Å²) in [6.07, 6.45) is 6.31. The SMILES string of the molecule is COc1ccc(CNc2cc(C)nc(NC3CCCCC3)n2)cc1OC. The number of anilines is 2. The second-order valence-corrected chi connectivity index (χ2v) is 6.74. The van der Waals surface area contributed by atoms with Crippen LogP contribution in [0.2, 0.25) is 0 Å². The van der Waals surface area contributed by atoms with Gasteiger partial charge in [-0.25, -0.2) is 4.98 Å². The van der Waals surface area contributed by atoms with Crippen LogP contribution >= 0.6 is 0 Å². The van der Waals surface area contributed by atoms with Crippen LogP contribution in [0.4, 0.5) is 11.8 Å². The van der Waals surface area contributed by atoms with Gasteiger partial charge in [-0.05, 0) is 37.5 Å². The Morgan fingerprint density at radius 2 is 1.77 bits per heavy atom. The van der Waals surface area contributed by atoms with Gasteiger partial charge in [0.2, 0.25) is 5.95 Å². The number of nitrogens with zero attached hydrogens (tertiary/aromatic N) is 2. The van der Waals surface area contributed by atoms with Gasteiger partial charge in [0, 0.05) is 24.3 Å². The lowest BCUT2D eigenvalue weighted by Crippen LogP contribution is -2.23. The van der Waals surface area contributed by atoms with Crippen molar-refractivity contribution in [3.8, 4) is 11.5 Å². The topological polar surface area (TPSA) is 68.3 Å². The normalized spacial score (nSPS) is 14.7. The molecule has 140 valence electrons. The van der Waals surface area contributed by atoms with Crippen molar-refractivity contribution >= 4 is 11.8 Å². The van der Waals surface area contributed by atoms with E-state index in [1.54, 1.807) is 14.2 Å². The molecule has 6 nitrogen and oxygen atoms in total. The summed E-state index contributed by atoms with van der Waals surface area (Å²) in [4.78, 5) is 9.16. The van der Waals surface area contributed by atoms with Gasteiger partial charge in [0.1, 0.15) is 5.82 Å². The standard InChI is InChI=1S/C20H28N4O2/c1-14-11-19(24-20(22-14)23-16-7-5-4-6-8-16)21-13-15-9-10-17(25-2)18(12-15)26-3/h9-12,16H,4-8,13H2,1-3H3,(H2,21,22,23,24). The third-order valence-corrected chi connectivity index (χ3v) is 4.71. The summed E-state index contributed by atoms with van der Waals surface area (Å²) >= 11 is 0. The van der Waals surface area contributed by atoms with E-state index in [1.165, 1.54) is 32.1 Å². The van der Waals surface area contributed by atoms with Crippen molar-refractivity contribution in [2.45, 2.75) is 51.6 Å². The molecule has 0 bridgehead atoms. The molecule has 1 aliphatic rings. The van der Waals surface area contributed by atoms with Crippen LogP contribution in [0.25, 0.3) is 0 Å². The van der Waals surface area contributed by atoms with Gasteiger partial charge in [-0.3, -0.25) is 0 Å². The minimum atomic E-state index is 0.490. The molecule has 1 fully saturated rings. The summed E-state index contributed by atoms with van der Waals surface area (Å²) in [5.74, 6) is 3.00.